The van der Waals surface area contributed by atoms with Gasteiger partial charge in [-0.05, 0) is 51.2 Å². The third-order valence-corrected chi connectivity index (χ3v) is 4.37. The molecule has 0 unspecified atom stereocenters. The number of benzene rings is 1. The van der Waals surface area contributed by atoms with Crippen LogP contribution in [0.25, 0.3) is 0 Å². The molecular weight excluding hydrogens is 334 g/mol. The number of ether oxygens (including phenoxy) is 2. The molecule has 0 saturated carbocycles. The van der Waals surface area contributed by atoms with Crippen molar-refractivity contribution >= 4 is 23.1 Å². The Balaban J connectivity index is 1.80. The van der Waals surface area contributed by atoms with Crippen molar-refractivity contribution in [1.29, 1.82) is 0 Å². The van der Waals surface area contributed by atoms with Crippen LogP contribution in [-0.2, 0) is 0 Å². The largest absolute Gasteiger partial charge is 0.493 e. The molecule has 6 heteroatoms. The van der Waals surface area contributed by atoms with E-state index >= 15 is 0 Å². The molecule has 3 rings (SSSR count). The molecule has 5 nitrogen and oxygen atoms in total. The lowest BCUT2D eigenvalue weighted by Gasteiger charge is -2.38. The number of anilines is 1. The molecule has 0 spiro atoms. The van der Waals surface area contributed by atoms with Crippen molar-refractivity contribution in [2.75, 3.05) is 12.4 Å². The quantitative estimate of drug-likeness (QED) is 0.810. The Hall–Kier alpha value is -2.34. The average Bonchev–Trinajstić information content (AvgIpc) is 2.55. The van der Waals surface area contributed by atoms with Gasteiger partial charge in [-0.1, -0.05) is 17.7 Å². The molecule has 0 fully saturated rings. The molecule has 0 aliphatic carbocycles. The molecule has 2 heterocycles. The fraction of sp³-hybridized carbons (Fsp3) is 0.368. The molecule has 1 aromatic carbocycles. The highest BCUT2D eigenvalue weighted by atomic mass is 32.1. The van der Waals surface area contributed by atoms with Crippen LogP contribution in [0, 0.1) is 6.92 Å². The van der Waals surface area contributed by atoms with E-state index in [4.69, 9.17) is 21.7 Å². The summed E-state index contributed by atoms with van der Waals surface area (Å²) in [7, 11) is 1.61. The van der Waals surface area contributed by atoms with Gasteiger partial charge in [-0.3, -0.25) is 0 Å². The summed E-state index contributed by atoms with van der Waals surface area (Å²) in [6.45, 7) is 6.25. The minimum atomic E-state index is -0.266. The molecule has 0 radical (unpaired) electrons. The van der Waals surface area contributed by atoms with Crippen molar-refractivity contribution in [2.45, 2.75) is 38.8 Å². The van der Waals surface area contributed by atoms with Crippen molar-refractivity contribution in [3.8, 4) is 11.5 Å². The van der Waals surface area contributed by atoms with Crippen molar-refractivity contribution in [2.24, 2.45) is 0 Å². The van der Waals surface area contributed by atoms with Gasteiger partial charge in [-0.15, -0.1) is 0 Å². The molecule has 2 aromatic rings. The SMILES string of the molecule is COc1cccnc1NC(=S)N[C@H]1CC(C)(C)Oc2ccc(C)cc21. The molecule has 0 amide bonds. The lowest BCUT2D eigenvalue weighted by molar-refractivity contribution is 0.0696. The van der Waals surface area contributed by atoms with Crippen LogP contribution in [-0.4, -0.2) is 22.8 Å². The van der Waals surface area contributed by atoms with E-state index in [0.717, 1.165) is 17.7 Å². The van der Waals surface area contributed by atoms with Crippen LogP contribution >= 0.6 is 12.2 Å². The second kappa shape index (κ2) is 6.88. The van der Waals surface area contributed by atoms with E-state index in [1.165, 1.54) is 5.56 Å². The fourth-order valence-corrected chi connectivity index (χ4v) is 3.29. The number of nitrogens with zero attached hydrogens (tertiary/aromatic N) is 1. The van der Waals surface area contributed by atoms with Crippen LogP contribution in [0.3, 0.4) is 0 Å². The summed E-state index contributed by atoms with van der Waals surface area (Å²) in [5, 5.41) is 7.03. The van der Waals surface area contributed by atoms with E-state index in [1.807, 2.05) is 18.2 Å². The lowest BCUT2D eigenvalue weighted by Crippen LogP contribution is -2.42. The second-order valence-corrected chi connectivity index (χ2v) is 7.22. The van der Waals surface area contributed by atoms with E-state index in [2.05, 4.69) is 48.5 Å². The Bertz CT molecular complexity index is 792. The number of hydrogen-bond acceptors (Lipinski definition) is 4. The zero-order chi connectivity index (χ0) is 18.0. The first-order valence-corrected chi connectivity index (χ1v) is 8.65. The van der Waals surface area contributed by atoms with Crippen LogP contribution in [0.2, 0.25) is 0 Å². The molecule has 25 heavy (non-hydrogen) atoms. The van der Waals surface area contributed by atoms with Crippen LogP contribution in [0.5, 0.6) is 11.5 Å². The van der Waals surface area contributed by atoms with E-state index in [0.29, 0.717) is 16.7 Å². The molecule has 1 aromatic heterocycles. The van der Waals surface area contributed by atoms with Gasteiger partial charge >= 0.3 is 0 Å². The molecule has 0 bridgehead atoms. The lowest BCUT2D eigenvalue weighted by atomic mass is 9.89. The minimum absolute atomic E-state index is 0.0633. The van der Waals surface area contributed by atoms with Gasteiger partial charge < -0.3 is 20.1 Å². The highest BCUT2D eigenvalue weighted by Crippen LogP contribution is 2.39. The number of rotatable bonds is 3. The van der Waals surface area contributed by atoms with Crippen LogP contribution in [0.1, 0.15) is 37.4 Å². The molecular formula is C19H23N3O2S. The van der Waals surface area contributed by atoms with Gasteiger partial charge in [0.05, 0.1) is 13.2 Å². The summed E-state index contributed by atoms with van der Waals surface area (Å²) in [5.41, 5.74) is 2.05. The summed E-state index contributed by atoms with van der Waals surface area (Å²) < 4.78 is 11.4. The predicted molar refractivity (Wildman–Crippen MR) is 103 cm³/mol. The first kappa shape index (κ1) is 17.5. The van der Waals surface area contributed by atoms with Crippen LogP contribution < -0.4 is 20.1 Å². The van der Waals surface area contributed by atoms with Gasteiger partial charge in [0, 0.05) is 18.2 Å². The number of thiocarbonyl (C=S) groups is 1. The molecule has 1 aliphatic rings. The highest BCUT2D eigenvalue weighted by Gasteiger charge is 2.34. The van der Waals surface area contributed by atoms with Crippen LogP contribution in [0.4, 0.5) is 5.82 Å². The van der Waals surface area contributed by atoms with E-state index < -0.39 is 0 Å². The van der Waals surface area contributed by atoms with Crippen molar-refractivity contribution < 1.29 is 9.47 Å². The van der Waals surface area contributed by atoms with E-state index in [-0.39, 0.29) is 11.6 Å². The Morgan fingerprint density at radius 1 is 1.36 bits per heavy atom. The first-order chi connectivity index (χ1) is 11.9. The first-order valence-electron chi connectivity index (χ1n) is 8.24. The summed E-state index contributed by atoms with van der Waals surface area (Å²) in [6.07, 6.45) is 2.51. The van der Waals surface area contributed by atoms with Gasteiger partial charge in [0.1, 0.15) is 11.4 Å². The van der Waals surface area contributed by atoms with Gasteiger partial charge in [-0.2, -0.15) is 0 Å². The zero-order valence-corrected chi connectivity index (χ0v) is 15.7. The summed E-state index contributed by atoms with van der Waals surface area (Å²) in [5.74, 6) is 2.14. The summed E-state index contributed by atoms with van der Waals surface area (Å²) in [6, 6.07) is 9.96. The highest BCUT2D eigenvalue weighted by molar-refractivity contribution is 7.80. The molecule has 0 saturated heterocycles. The number of aryl methyl sites for hydroxylation is 1. The smallest absolute Gasteiger partial charge is 0.174 e. The van der Waals surface area contributed by atoms with Crippen molar-refractivity contribution in [3.05, 3.63) is 47.7 Å². The van der Waals surface area contributed by atoms with Gasteiger partial charge in [0.15, 0.2) is 16.7 Å². The third-order valence-electron chi connectivity index (χ3n) is 4.15. The molecule has 2 N–H and O–H groups in total. The summed E-state index contributed by atoms with van der Waals surface area (Å²) in [4.78, 5) is 4.28. The van der Waals surface area contributed by atoms with Crippen molar-refractivity contribution in [3.63, 3.8) is 0 Å². The molecule has 1 aliphatic heterocycles. The second-order valence-electron chi connectivity index (χ2n) is 6.81. The van der Waals surface area contributed by atoms with E-state index in [9.17, 15) is 0 Å². The predicted octanol–water partition coefficient (Wildman–Crippen LogP) is 3.99. The monoisotopic (exact) mass is 357 g/mol. The Kier molecular flexibility index (Phi) is 4.81. The Morgan fingerprint density at radius 2 is 2.16 bits per heavy atom. The maximum atomic E-state index is 6.10. The standard InChI is InChI=1S/C19H23N3O2S/c1-12-7-8-15-13(10-12)14(11-19(2,3)24-15)21-18(25)22-17-16(23-4)6-5-9-20-17/h5-10,14H,11H2,1-4H3,(H2,20,21,22,25)/t14-/m0/s1. The van der Waals surface area contributed by atoms with E-state index in [1.54, 1.807) is 13.3 Å². The number of hydrogen-bond donors (Lipinski definition) is 2. The van der Waals surface area contributed by atoms with Gasteiger partial charge in [0.25, 0.3) is 0 Å². The number of nitrogens with one attached hydrogen (secondary N) is 2. The minimum Gasteiger partial charge on any atom is -0.493 e. The van der Waals surface area contributed by atoms with Gasteiger partial charge in [0.2, 0.25) is 0 Å². The molecule has 132 valence electrons. The number of methoxy groups -OCH3 is 1. The summed E-state index contributed by atoms with van der Waals surface area (Å²) >= 11 is 5.50. The topological polar surface area (TPSA) is 55.4 Å². The normalized spacial score (nSPS) is 17.8. The van der Waals surface area contributed by atoms with Crippen LogP contribution in [0.15, 0.2) is 36.5 Å². The third kappa shape index (κ3) is 4.02. The Labute approximate surface area is 153 Å². The Morgan fingerprint density at radius 3 is 2.92 bits per heavy atom. The number of aromatic nitrogens is 1. The number of fused-ring (bicyclic) bond motifs is 1. The van der Waals surface area contributed by atoms with Crippen molar-refractivity contribution in [1.82, 2.24) is 10.3 Å². The fourth-order valence-electron chi connectivity index (χ4n) is 3.05. The number of pyridine rings is 1. The maximum Gasteiger partial charge on any atom is 0.174 e. The average molecular weight is 357 g/mol. The zero-order valence-electron chi connectivity index (χ0n) is 14.9. The molecule has 1 atom stereocenters. The van der Waals surface area contributed by atoms with Gasteiger partial charge in [-0.25, -0.2) is 4.98 Å². The maximum absolute atomic E-state index is 6.10.